The van der Waals surface area contributed by atoms with Gasteiger partial charge in [-0.2, -0.15) is 0 Å². The summed E-state index contributed by atoms with van der Waals surface area (Å²) in [5, 5.41) is 5.45. The van der Waals surface area contributed by atoms with Gasteiger partial charge in [-0.05, 0) is 29.8 Å². The van der Waals surface area contributed by atoms with Crippen LogP contribution in [0.1, 0.15) is 11.5 Å². The summed E-state index contributed by atoms with van der Waals surface area (Å²) < 4.78 is 40.3. The molecule has 0 radical (unpaired) electrons. The summed E-state index contributed by atoms with van der Waals surface area (Å²) >= 11 is 0. The topological polar surface area (TPSA) is 67.1 Å². The zero-order chi connectivity index (χ0) is 17.3. The van der Waals surface area contributed by atoms with Crippen molar-refractivity contribution >= 4 is 11.6 Å². The molecule has 1 amide bonds. The highest BCUT2D eigenvalue weighted by molar-refractivity contribution is 5.94. The molecular weight excluding hydrogens is 319 g/mol. The lowest BCUT2D eigenvalue weighted by Crippen LogP contribution is -2.42. The van der Waals surface area contributed by atoms with Crippen molar-refractivity contribution in [2.75, 3.05) is 11.9 Å². The van der Waals surface area contributed by atoms with Gasteiger partial charge < -0.3 is 16.4 Å². The van der Waals surface area contributed by atoms with Gasteiger partial charge in [-0.1, -0.05) is 18.2 Å². The Morgan fingerprint density at radius 2 is 1.83 bits per heavy atom. The lowest BCUT2D eigenvalue weighted by atomic mass is 9.86. The van der Waals surface area contributed by atoms with Gasteiger partial charge >= 0.3 is 0 Å². The molecule has 2 aromatic carbocycles. The number of halogens is 3. The van der Waals surface area contributed by atoms with Crippen LogP contribution in [-0.2, 0) is 4.79 Å². The Hall–Kier alpha value is -2.38. The van der Waals surface area contributed by atoms with Crippen molar-refractivity contribution in [1.29, 1.82) is 0 Å². The molecule has 7 heteroatoms. The molecule has 1 aliphatic rings. The van der Waals surface area contributed by atoms with Crippen molar-refractivity contribution in [2.24, 2.45) is 11.7 Å². The molecule has 2 aromatic rings. The molecule has 4 N–H and O–H groups in total. The lowest BCUT2D eigenvalue weighted by molar-refractivity contribution is -0.120. The first-order valence-electron chi connectivity index (χ1n) is 7.46. The van der Waals surface area contributed by atoms with Crippen LogP contribution in [0.3, 0.4) is 0 Å². The summed E-state index contributed by atoms with van der Waals surface area (Å²) in [5.41, 5.74) is 6.44. The van der Waals surface area contributed by atoms with E-state index in [1.165, 1.54) is 24.3 Å². The summed E-state index contributed by atoms with van der Waals surface area (Å²) in [6, 6.07) is 9.27. The second kappa shape index (κ2) is 6.62. The molecule has 1 heterocycles. The predicted molar refractivity (Wildman–Crippen MR) is 83.6 cm³/mol. The molecule has 3 atom stereocenters. The summed E-state index contributed by atoms with van der Waals surface area (Å²) in [6.45, 7) is 0.335. The molecule has 1 fully saturated rings. The van der Waals surface area contributed by atoms with E-state index in [1.807, 2.05) is 0 Å². The minimum absolute atomic E-state index is 0.0469. The Bertz CT molecular complexity index is 768. The van der Waals surface area contributed by atoms with Crippen molar-refractivity contribution in [1.82, 2.24) is 5.32 Å². The first-order chi connectivity index (χ1) is 11.5. The fourth-order valence-corrected chi connectivity index (χ4v) is 2.96. The number of hydrogen-bond donors (Lipinski definition) is 3. The van der Waals surface area contributed by atoms with Gasteiger partial charge in [0, 0.05) is 12.5 Å². The van der Waals surface area contributed by atoms with Gasteiger partial charge in [0.15, 0.2) is 11.6 Å². The van der Waals surface area contributed by atoms with E-state index in [9.17, 15) is 18.0 Å². The number of rotatable bonds is 3. The predicted octanol–water partition coefficient (Wildman–Crippen LogP) is 2.33. The third-order valence-electron chi connectivity index (χ3n) is 4.20. The Labute approximate surface area is 136 Å². The number of para-hydroxylation sites is 1. The van der Waals surface area contributed by atoms with Crippen molar-refractivity contribution in [2.45, 2.75) is 12.1 Å². The monoisotopic (exact) mass is 335 g/mol. The zero-order valence-corrected chi connectivity index (χ0v) is 12.6. The number of benzene rings is 2. The number of carbonyl (C=O) groups excluding carboxylic acids is 1. The molecule has 0 aliphatic carbocycles. The van der Waals surface area contributed by atoms with E-state index in [1.54, 1.807) is 6.07 Å². The highest BCUT2D eigenvalue weighted by Crippen LogP contribution is 2.32. The minimum atomic E-state index is -0.985. The van der Waals surface area contributed by atoms with E-state index in [-0.39, 0.29) is 5.69 Å². The Kier molecular flexibility index (Phi) is 4.55. The molecule has 0 bridgehead atoms. The maximum atomic E-state index is 13.7. The molecule has 0 spiro atoms. The first kappa shape index (κ1) is 16.5. The fourth-order valence-electron chi connectivity index (χ4n) is 2.96. The molecule has 0 aromatic heterocycles. The number of anilines is 1. The Morgan fingerprint density at radius 3 is 2.54 bits per heavy atom. The number of hydrogen-bond acceptors (Lipinski definition) is 3. The van der Waals surface area contributed by atoms with Crippen LogP contribution >= 0.6 is 0 Å². The van der Waals surface area contributed by atoms with Crippen LogP contribution in [-0.4, -0.2) is 18.6 Å². The Morgan fingerprint density at radius 1 is 1.08 bits per heavy atom. The van der Waals surface area contributed by atoms with Crippen LogP contribution in [0.2, 0.25) is 0 Å². The molecule has 126 valence electrons. The van der Waals surface area contributed by atoms with Crippen LogP contribution in [0, 0.1) is 23.4 Å². The fraction of sp³-hybridized carbons (Fsp3) is 0.235. The first-order valence-corrected chi connectivity index (χ1v) is 7.46. The average Bonchev–Trinajstić information content (AvgIpc) is 2.94. The molecule has 3 rings (SSSR count). The minimum Gasteiger partial charge on any atom is -0.323 e. The third kappa shape index (κ3) is 3.13. The van der Waals surface area contributed by atoms with Crippen LogP contribution in [0.15, 0.2) is 42.5 Å². The summed E-state index contributed by atoms with van der Waals surface area (Å²) in [4.78, 5) is 12.5. The van der Waals surface area contributed by atoms with E-state index in [4.69, 9.17) is 5.73 Å². The van der Waals surface area contributed by atoms with Crippen molar-refractivity contribution in [3.8, 4) is 0 Å². The maximum Gasteiger partial charge on any atom is 0.231 e. The van der Waals surface area contributed by atoms with Gasteiger partial charge in [0.1, 0.15) is 5.82 Å². The van der Waals surface area contributed by atoms with Crippen molar-refractivity contribution in [3.05, 3.63) is 65.5 Å². The van der Waals surface area contributed by atoms with Crippen LogP contribution in [0.4, 0.5) is 18.9 Å². The standard InChI is InChI=1S/C17H16F3N3O/c18-11-6-5-9(7-13(11)20)10-8-22-16(21)15(10)17(24)23-14-4-2-1-3-12(14)19/h1-7,10,15-16,22H,8,21H2,(H,23,24). The number of nitrogens with one attached hydrogen (secondary N) is 2. The van der Waals surface area contributed by atoms with Crippen LogP contribution < -0.4 is 16.4 Å². The number of nitrogens with two attached hydrogens (primary N) is 1. The summed E-state index contributed by atoms with van der Waals surface area (Å²) in [6.07, 6.45) is -0.671. The number of carbonyl (C=O) groups is 1. The van der Waals surface area contributed by atoms with Crippen molar-refractivity contribution in [3.63, 3.8) is 0 Å². The van der Waals surface area contributed by atoms with E-state index < -0.39 is 41.4 Å². The second-order valence-corrected chi connectivity index (χ2v) is 5.71. The lowest BCUT2D eigenvalue weighted by Gasteiger charge is -2.21. The van der Waals surface area contributed by atoms with Gasteiger partial charge in [0.25, 0.3) is 0 Å². The molecule has 1 saturated heterocycles. The van der Waals surface area contributed by atoms with E-state index in [2.05, 4.69) is 10.6 Å². The van der Waals surface area contributed by atoms with Gasteiger partial charge in [-0.25, -0.2) is 13.2 Å². The van der Waals surface area contributed by atoms with E-state index in [0.29, 0.717) is 12.1 Å². The third-order valence-corrected chi connectivity index (χ3v) is 4.20. The maximum absolute atomic E-state index is 13.7. The quantitative estimate of drug-likeness (QED) is 0.806. The normalized spacial score (nSPS) is 23.2. The Balaban J connectivity index is 1.85. The molecular formula is C17H16F3N3O. The zero-order valence-electron chi connectivity index (χ0n) is 12.6. The summed E-state index contributed by atoms with van der Waals surface area (Å²) in [7, 11) is 0. The summed E-state index contributed by atoms with van der Waals surface area (Å²) in [5.74, 6) is -4.17. The molecule has 4 nitrogen and oxygen atoms in total. The largest absolute Gasteiger partial charge is 0.323 e. The van der Waals surface area contributed by atoms with Crippen LogP contribution in [0.5, 0.6) is 0 Å². The van der Waals surface area contributed by atoms with E-state index >= 15 is 0 Å². The van der Waals surface area contributed by atoms with E-state index in [0.717, 1.165) is 12.1 Å². The highest BCUT2D eigenvalue weighted by atomic mass is 19.2. The average molecular weight is 335 g/mol. The van der Waals surface area contributed by atoms with Crippen LogP contribution in [0.25, 0.3) is 0 Å². The smallest absolute Gasteiger partial charge is 0.231 e. The molecule has 24 heavy (non-hydrogen) atoms. The van der Waals surface area contributed by atoms with Gasteiger partial charge in [-0.3, -0.25) is 4.79 Å². The molecule has 1 aliphatic heterocycles. The van der Waals surface area contributed by atoms with Gasteiger partial charge in [-0.15, -0.1) is 0 Å². The molecule has 3 unspecified atom stereocenters. The van der Waals surface area contributed by atoms with Gasteiger partial charge in [0.05, 0.1) is 17.8 Å². The molecule has 0 saturated carbocycles. The van der Waals surface area contributed by atoms with Crippen molar-refractivity contribution < 1.29 is 18.0 Å². The number of amides is 1. The second-order valence-electron chi connectivity index (χ2n) is 5.71. The SMILES string of the molecule is NC1NCC(c2ccc(F)c(F)c2)C1C(=O)Nc1ccccc1F. The van der Waals surface area contributed by atoms with Gasteiger partial charge in [0.2, 0.25) is 5.91 Å². The highest BCUT2D eigenvalue weighted by Gasteiger charge is 2.40.